The van der Waals surface area contributed by atoms with Crippen LogP contribution in [0.4, 0.5) is 0 Å². The number of benzene rings is 2. The van der Waals surface area contributed by atoms with Crippen molar-refractivity contribution < 1.29 is 4.79 Å². The van der Waals surface area contributed by atoms with E-state index in [0.29, 0.717) is 17.4 Å². The second-order valence-corrected chi connectivity index (χ2v) is 7.16. The van der Waals surface area contributed by atoms with Gasteiger partial charge in [0.15, 0.2) is 0 Å². The molecule has 0 spiro atoms. The van der Waals surface area contributed by atoms with E-state index in [0.717, 1.165) is 21.8 Å². The number of hydrogen-bond donors (Lipinski definition) is 2. The lowest BCUT2D eigenvalue weighted by Crippen LogP contribution is -2.24. The molecule has 3 aromatic rings. The molecule has 4 nitrogen and oxygen atoms in total. The number of nitrogens with zero attached hydrogens (tertiary/aromatic N) is 1. The summed E-state index contributed by atoms with van der Waals surface area (Å²) in [5.74, 6) is 0.683. The number of nitrogens with one attached hydrogen (secondary N) is 2. The van der Waals surface area contributed by atoms with Gasteiger partial charge in [-0.2, -0.15) is 0 Å². The van der Waals surface area contributed by atoms with Gasteiger partial charge in [0.2, 0.25) is 0 Å². The number of para-hydroxylation sites is 2. The molecule has 118 valence electrons. The van der Waals surface area contributed by atoms with Crippen molar-refractivity contribution in [3.8, 4) is 0 Å². The van der Waals surface area contributed by atoms with Crippen molar-refractivity contribution in [2.24, 2.45) is 0 Å². The highest BCUT2D eigenvalue weighted by atomic mass is 32.2. The summed E-state index contributed by atoms with van der Waals surface area (Å²) in [5.41, 5.74) is 2.60. The normalized spacial score (nSPS) is 11.1. The van der Waals surface area contributed by atoms with Crippen LogP contribution in [0, 0.1) is 0 Å². The SMILES string of the molecule is CC(C)Sc1ccccc1C(=O)NCc1nc2ccccc2[nH]1. The van der Waals surface area contributed by atoms with E-state index in [1.54, 1.807) is 11.8 Å². The van der Waals surface area contributed by atoms with E-state index in [4.69, 9.17) is 0 Å². The van der Waals surface area contributed by atoms with E-state index >= 15 is 0 Å². The van der Waals surface area contributed by atoms with Crippen LogP contribution in [-0.2, 0) is 6.54 Å². The van der Waals surface area contributed by atoms with Gasteiger partial charge in [0.05, 0.1) is 23.1 Å². The van der Waals surface area contributed by atoms with E-state index in [1.165, 1.54) is 0 Å². The third-order valence-electron chi connectivity index (χ3n) is 3.35. The summed E-state index contributed by atoms with van der Waals surface area (Å²) < 4.78 is 0. The van der Waals surface area contributed by atoms with Crippen LogP contribution in [0.5, 0.6) is 0 Å². The van der Waals surface area contributed by atoms with Gasteiger partial charge in [-0.05, 0) is 24.3 Å². The zero-order valence-corrected chi connectivity index (χ0v) is 14.0. The van der Waals surface area contributed by atoms with Crippen LogP contribution in [0.3, 0.4) is 0 Å². The lowest BCUT2D eigenvalue weighted by Gasteiger charge is -2.10. The molecule has 1 amide bonds. The van der Waals surface area contributed by atoms with E-state index in [-0.39, 0.29) is 5.91 Å². The number of carbonyl (C=O) groups excluding carboxylic acids is 1. The summed E-state index contributed by atoms with van der Waals surface area (Å²) in [7, 11) is 0. The number of carbonyl (C=O) groups is 1. The van der Waals surface area contributed by atoms with Crippen molar-refractivity contribution in [1.29, 1.82) is 0 Å². The van der Waals surface area contributed by atoms with Crippen molar-refractivity contribution in [2.45, 2.75) is 30.5 Å². The van der Waals surface area contributed by atoms with Crippen molar-refractivity contribution in [1.82, 2.24) is 15.3 Å². The molecule has 5 heteroatoms. The number of amides is 1. The van der Waals surface area contributed by atoms with Crippen LogP contribution in [-0.4, -0.2) is 21.1 Å². The summed E-state index contributed by atoms with van der Waals surface area (Å²) in [6.45, 7) is 4.62. The number of fused-ring (bicyclic) bond motifs is 1. The van der Waals surface area contributed by atoms with Gasteiger partial charge in [-0.15, -0.1) is 11.8 Å². The fourth-order valence-corrected chi connectivity index (χ4v) is 3.31. The maximum absolute atomic E-state index is 12.5. The number of aromatic nitrogens is 2. The highest BCUT2D eigenvalue weighted by molar-refractivity contribution is 8.00. The van der Waals surface area contributed by atoms with Gasteiger partial charge in [0, 0.05) is 10.1 Å². The quantitative estimate of drug-likeness (QED) is 0.697. The Morgan fingerprint density at radius 1 is 1.17 bits per heavy atom. The molecular weight excluding hydrogens is 306 g/mol. The van der Waals surface area contributed by atoms with Crippen LogP contribution in [0.1, 0.15) is 30.0 Å². The number of rotatable bonds is 5. The molecule has 0 aliphatic heterocycles. The minimum absolute atomic E-state index is 0.0748. The highest BCUT2D eigenvalue weighted by Crippen LogP contribution is 2.26. The number of thioether (sulfide) groups is 1. The first kappa shape index (κ1) is 15.6. The average molecular weight is 325 g/mol. The molecule has 23 heavy (non-hydrogen) atoms. The van der Waals surface area contributed by atoms with E-state index < -0.39 is 0 Å². The summed E-state index contributed by atoms with van der Waals surface area (Å²) in [6, 6.07) is 15.5. The first-order chi connectivity index (χ1) is 11.1. The lowest BCUT2D eigenvalue weighted by atomic mass is 10.2. The van der Waals surface area contributed by atoms with Crippen LogP contribution >= 0.6 is 11.8 Å². The molecule has 0 aliphatic carbocycles. The first-order valence-electron chi connectivity index (χ1n) is 7.61. The Kier molecular flexibility index (Phi) is 4.67. The highest BCUT2D eigenvalue weighted by Gasteiger charge is 2.13. The molecule has 3 rings (SSSR count). The smallest absolute Gasteiger partial charge is 0.252 e. The predicted octanol–water partition coefficient (Wildman–Crippen LogP) is 3.99. The van der Waals surface area contributed by atoms with Crippen molar-refractivity contribution >= 4 is 28.7 Å². The molecular formula is C18H19N3OS. The number of H-pyrrole nitrogens is 1. The molecule has 0 saturated heterocycles. The van der Waals surface area contributed by atoms with Crippen molar-refractivity contribution in [3.63, 3.8) is 0 Å². The molecule has 2 aromatic carbocycles. The lowest BCUT2D eigenvalue weighted by molar-refractivity contribution is 0.0947. The maximum atomic E-state index is 12.5. The minimum Gasteiger partial charge on any atom is -0.345 e. The molecule has 0 aliphatic rings. The molecule has 0 unspecified atom stereocenters. The Morgan fingerprint density at radius 3 is 2.70 bits per heavy atom. The van der Waals surface area contributed by atoms with E-state index in [1.807, 2.05) is 48.5 Å². The van der Waals surface area contributed by atoms with Crippen molar-refractivity contribution in [2.75, 3.05) is 0 Å². The summed E-state index contributed by atoms with van der Waals surface area (Å²) >= 11 is 1.69. The van der Waals surface area contributed by atoms with Crippen LogP contribution in [0.15, 0.2) is 53.4 Å². The Hall–Kier alpha value is -2.27. The Bertz CT molecular complexity index is 793. The molecule has 1 aromatic heterocycles. The number of hydrogen-bond acceptors (Lipinski definition) is 3. The topological polar surface area (TPSA) is 57.8 Å². The van der Waals surface area contributed by atoms with E-state index in [9.17, 15) is 4.79 Å². The van der Waals surface area contributed by atoms with Crippen LogP contribution in [0.25, 0.3) is 11.0 Å². The Labute approximate surface area is 139 Å². The van der Waals surface area contributed by atoms with Gasteiger partial charge >= 0.3 is 0 Å². The average Bonchev–Trinajstić information content (AvgIpc) is 2.95. The van der Waals surface area contributed by atoms with Gasteiger partial charge in [0.25, 0.3) is 5.91 Å². The zero-order valence-electron chi connectivity index (χ0n) is 13.2. The molecule has 0 bridgehead atoms. The monoisotopic (exact) mass is 325 g/mol. The van der Waals surface area contributed by atoms with Gasteiger partial charge in [-0.25, -0.2) is 4.98 Å². The molecule has 0 radical (unpaired) electrons. The maximum Gasteiger partial charge on any atom is 0.252 e. The summed E-state index contributed by atoms with van der Waals surface area (Å²) in [4.78, 5) is 21.2. The zero-order chi connectivity index (χ0) is 16.2. The van der Waals surface area contributed by atoms with Crippen LogP contribution < -0.4 is 5.32 Å². The van der Waals surface area contributed by atoms with Crippen molar-refractivity contribution in [3.05, 3.63) is 59.9 Å². The Morgan fingerprint density at radius 2 is 1.91 bits per heavy atom. The third kappa shape index (κ3) is 3.74. The van der Waals surface area contributed by atoms with Gasteiger partial charge in [0.1, 0.15) is 5.82 Å². The van der Waals surface area contributed by atoms with Gasteiger partial charge < -0.3 is 10.3 Å². The molecule has 2 N–H and O–H groups in total. The fourth-order valence-electron chi connectivity index (χ4n) is 2.36. The second kappa shape index (κ2) is 6.87. The third-order valence-corrected chi connectivity index (χ3v) is 4.43. The number of aromatic amines is 1. The molecule has 0 fully saturated rings. The molecule has 0 atom stereocenters. The fraction of sp³-hybridized carbons (Fsp3) is 0.222. The second-order valence-electron chi connectivity index (χ2n) is 5.55. The Balaban J connectivity index is 1.72. The van der Waals surface area contributed by atoms with E-state index in [2.05, 4.69) is 29.1 Å². The largest absolute Gasteiger partial charge is 0.345 e. The molecule has 0 saturated carbocycles. The standard InChI is InChI=1S/C18H19N3OS/c1-12(2)23-16-10-6-3-7-13(16)18(22)19-11-17-20-14-8-4-5-9-15(14)21-17/h3-10,12H,11H2,1-2H3,(H,19,22)(H,20,21). The van der Waals surface area contributed by atoms with Gasteiger partial charge in [-0.3, -0.25) is 4.79 Å². The molecule has 1 heterocycles. The summed E-state index contributed by atoms with van der Waals surface area (Å²) in [6.07, 6.45) is 0. The summed E-state index contributed by atoms with van der Waals surface area (Å²) in [5, 5.41) is 3.37. The minimum atomic E-state index is -0.0748. The number of imidazole rings is 1. The van der Waals surface area contributed by atoms with Crippen LogP contribution in [0.2, 0.25) is 0 Å². The first-order valence-corrected chi connectivity index (χ1v) is 8.49. The van der Waals surface area contributed by atoms with Gasteiger partial charge in [-0.1, -0.05) is 38.1 Å². The predicted molar refractivity (Wildman–Crippen MR) is 94.7 cm³/mol.